The topological polar surface area (TPSA) is 251 Å². The van der Waals surface area contributed by atoms with Crippen molar-refractivity contribution in [3.05, 3.63) is 160 Å². The average Bonchev–Trinajstić information content (AvgIpc) is 0.821. The Labute approximate surface area is 645 Å². The first kappa shape index (κ1) is 85.7. The van der Waals surface area contributed by atoms with Crippen LogP contribution in [0.25, 0.3) is 0 Å². The molecule has 6 aromatic rings. The van der Waals surface area contributed by atoms with Crippen LogP contribution in [0.1, 0.15) is 114 Å². The van der Waals surface area contributed by atoms with Gasteiger partial charge in [0.2, 0.25) is 0 Å². The van der Waals surface area contributed by atoms with Crippen LogP contribution in [0.2, 0.25) is 0 Å². The highest BCUT2D eigenvalue weighted by atomic mass is 35.5. The van der Waals surface area contributed by atoms with E-state index < -0.39 is 35.2 Å². The Bertz CT molecular complexity index is 4050. The first-order valence-electron chi connectivity index (χ1n) is 36.9. The molecular weight excluding hydrogens is 1450 g/mol. The van der Waals surface area contributed by atoms with Crippen LogP contribution in [0.15, 0.2) is 124 Å². The Kier molecular flexibility index (Phi) is 35.8. The summed E-state index contributed by atoms with van der Waals surface area (Å²) in [5.41, 5.74) is 4.49. The fourth-order valence-corrected chi connectivity index (χ4v) is 11.9. The van der Waals surface area contributed by atoms with E-state index in [-0.39, 0.29) is 36.0 Å². The van der Waals surface area contributed by atoms with Gasteiger partial charge in [-0.25, -0.2) is 33.0 Å². The van der Waals surface area contributed by atoms with E-state index >= 15 is 0 Å². The Balaban J connectivity index is 0.000000208. The second kappa shape index (κ2) is 45.9. The molecule has 10 rings (SSSR count). The van der Waals surface area contributed by atoms with Crippen molar-refractivity contribution in [3.63, 3.8) is 0 Å². The van der Waals surface area contributed by atoms with Crippen molar-refractivity contribution in [2.24, 2.45) is 15.3 Å². The zero-order valence-corrected chi connectivity index (χ0v) is 64.6. The van der Waals surface area contributed by atoms with Crippen LogP contribution in [0, 0.1) is 17.5 Å². The number of nitrogens with zero attached hydrogens (tertiary/aromatic N) is 8. The van der Waals surface area contributed by atoms with Crippen molar-refractivity contribution >= 4 is 52.6 Å². The summed E-state index contributed by atoms with van der Waals surface area (Å²) in [4.78, 5) is 54.9. The zero-order chi connectivity index (χ0) is 78.6. The van der Waals surface area contributed by atoms with Crippen molar-refractivity contribution in [2.75, 3.05) is 179 Å². The third kappa shape index (κ3) is 25.6. The number of hydrazone groups is 3. The fraction of sp³-hybridized carbons (Fsp3) is 0.463. The van der Waals surface area contributed by atoms with Crippen molar-refractivity contribution < 1.29 is 98.7 Å². The van der Waals surface area contributed by atoms with Gasteiger partial charge < -0.3 is 71.2 Å². The molecule has 0 atom stereocenters. The number of carbonyl (C=O) groups excluding carboxylic acids is 4. The molecule has 0 unspecified atom stereocenters. The van der Waals surface area contributed by atoms with E-state index in [2.05, 4.69) is 20.2 Å². The van der Waals surface area contributed by atoms with Gasteiger partial charge in [0.05, 0.1) is 128 Å². The molecule has 4 amide bonds. The van der Waals surface area contributed by atoms with Gasteiger partial charge in [0.1, 0.15) is 54.5 Å². The van der Waals surface area contributed by atoms with E-state index in [9.17, 15) is 32.3 Å². The predicted molar refractivity (Wildman–Crippen MR) is 409 cm³/mol. The summed E-state index contributed by atoms with van der Waals surface area (Å²) in [5, 5.41) is 17.5. The minimum absolute atomic E-state index is 0.0582. The van der Waals surface area contributed by atoms with Crippen molar-refractivity contribution in [2.45, 2.75) is 66.2 Å². The number of carbonyl (C=O) groups is 4. The molecule has 4 aliphatic rings. The number of benzene rings is 6. The van der Waals surface area contributed by atoms with Gasteiger partial charge >= 0.3 is 6.09 Å². The highest BCUT2D eigenvalue weighted by molar-refractivity contribution is 6.18. The lowest BCUT2D eigenvalue weighted by molar-refractivity contribution is 0.0179. The molecule has 0 radical (unpaired) electrons. The number of ether oxygens (including phenoxy) is 14. The van der Waals surface area contributed by atoms with Crippen LogP contribution >= 0.6 is 11.6 Å². The number of hydrogen-bond acceptors (Lipinski definition) is 22. The number of piperazine rings is 1. The Morgan fingerprint density at radius 2 is 0.745 bits per heavy atom. The number of hydrogen-bond donors (Lipinski definition) is 0. The molecule has 0 spiro atoms. The minimum atomic E-state index is -0.666. The van der Waals surface area contributed by atoms with Crippen LogP contribution in [-0.2, 0) is 23.7 Å². The van der Waals surface area contributed by atoms with Crippen LogP contribution in [0.5, 0.6) is 51.7 Å². The van der Waals surface area contributed by atoms with Crippen LogP contribution in [-0.4, -0.2) is 245 Å². The van der Waals surface area contributed by atoms with Crippen molar-refractivity contribution in [1.82, 2.24) is 24.8 Å². The highest BCUT2D eigenvalue weighted by Gasteiger charge is 2.29. The molecule has 6 aromatic carbocycles. The van der Waals surface area contributed by atoms with E-state index in [0.717, 1.165) is 33.8 Å². The summed E-state index contributed by atoms with van der Waals surface area (Å²) >= 11 is 5.53. The maximum atomic E-state index is 15.0. The maximum absolute atomic E-state index is 15.0. The van der Waals surface area contributed by atoms with E-state index in [1.165, 1.54) is 51.4 Å². The lowest BCUT2D eigenvalue weighted by Crippen LogP contribution is -2.49. The molecule has 0 N–H and O–H groups in total. The Morgan fingerprint density at radius 3 is 1.08 bits per heavy atom. The molecule has 1 fully saturated rings. The molecule has 0 saturated carbocycles. The van der Waals surface area contributed by atoms with E-state index in [4.69, 9.17) is 77.9 Å². The van der Waals surface area contributed by atoms with Crippen LogP contribution in [0.3, 0.4) is 0 Å². The van der Waals surface area contributed by atoms with Gasteiger partial charge in [0.25, 0.3) is 17.7 Å². The number of alkyl halides is 1. The van der Waals surface area contributed by atoms with E-state index in [1.54, 1.807) is 58.5 Å². The van der Waals surface area contributed by atoms with Gasteiger partial charge in [-0.15, -0.1) is 11.6 Å². The lowest BCUT2D eigenvalue weighted by Gasteiger charge is -2.33. The molecule has 30 heteroatoms. The molecule has 0 bridgehead atoms. The van der Waals surface area contributed by atoms with Crippen LogP contribution < -0.4 is 42.6 Å². The van der Waals surface area contributed by atoms with Gasteiger partial charge in [0.15, 0.2) is 34.5 Å². The number of rotatable bonds is 36. The zero-order valence-electron chi connectivity index (χ0n) is 63.8. The molecule has 4 heterocycles. The molecular formula is C80H100ClF3N8O18. The number of halogens is 4. The lowest BCUT2D eigenvalue weighted by atomic mass is 10.0. The Morgan fingerprint density at radius 1 is 0.391 bits per heavy atom. The number of methoxy groups -OCH3 is 4. The summed E-state index contributed by atoms with van der Waals surface area (Å²) in [5.74, 6) is 1.60. The predicted octanol–water partition coefficient (Wildman–Crippen LogP) is 12.5. The van der Waals surface area contributed by atoms with Gasteiger partial charge in [-0.05, 0) is 157 Å². The van der Waals surface area contributed by atoms with Crippen molar-refractivity contribution in [3.8, 4) is 51.7 Å². The van der Waals surface area contributed by atoms with E-state index in [0.29, 0.717) is 228 Å². The summed E-state index contributed by atoms with van der Waals surface area (Å²) in [6.45, 7) is 17.7. The monoisotopic (exact) mass is 1550 g/mol. The quantitative estimate of drug-likeness (QED) is 0.0262. The first-order valence-corrected chi connectivity index (χ1v) is 37.4. The second-order valence-corrected chi connectivity index (χ2v) is 25.0. The second-order valence-electron chi connectivity index (χ2n) is 24.6. The summed E-state index contributed by atoms with van der Waals surface area (Å²) in [6.07, 6.45) is 3.92. The minimum Gasteiger partial charge on any atom is -0.493 e. The third-order valence-electron chi connectivity index (χ3n) is 17.3. The SMILES string of the molecule is CCOC(=O)N1CCN(CCOc2ccc(C(=O)N3CCCC(c4ccc(OC)c(OCC)c4)=N3)c(F)c2)CC1.CCOc1cc(C2=NN(C(=O)c3ccc(OCCOCCCl)cc3F)CCC2)ccc1OC.CCOc1cc(C2=NN(C(=O)c3ccc(OCCOCCOCCOC)cc3F)CCC2)ccc1OC. The largest absolute Gasteiger partial charge is 0.493 e. The summed E-state index contributed by atoms with van der Waals surface area (Å²) < 4.78 is 120. The smallest absolute Gasteiger partial charge is 0.409 e. The van der Waals surface area contributed by atoms with Gasteiger partial charge in [-0.1, -0.05) is 0 Å². The van der Waals surface area contributed by atoms with Crippen molar-refractivity contribution in [1.29, 1.82) is 0 Å². The summed E-state index contributed by atoms with van der Waals surface area (Å²) in [6, 6.07) is 29.2. The average molecular weight is 1550 g/mol. The maximum Gasteiger partial charge on any atom is 0.409 e. The Hall–Kier alpha value is -9.91. The molecule has 110 heavy (non-hydrogen) atoms. The molecule has 596 valence electrons. The van der Waals surface area contributed by atoms with Crippen LogP contribution in [0.4, 0.5) is 18.0 Å². The van der Waals surface area contributed by atoms with E-state index in [1.807, 2.05) is 75.4 Å². The molecule has 26 nitrogen and oxygen atoms in total. The molecule has 1 saturated heterocycles. The number of amides is 4. The fourth-order valence-electron chi connectivity index (χ4n) is 11.8. The molecule has 0 aromatic heterocycles. The third-order valence-corrected chi connectivity index (χ3v) is 17.4. The van der Waals surface area contributed by atoms with Gasteiger partial charge in [0, 0.05) is 100 Å². The van der Waals surface area contributed by atoms with Gasteiger partial charge in [-0.3, -0.25) is 19.3 Å². The first-order chi connectivity index (χ1) is 53.6. The summed E-state index contributed by atoms with van der Waals surface area (Å²) in [7, 11) is 6.35. The normalized spacial score (nSPS) is 14.3. The highest BCUT2D eigenvalue weighted by Crippen LogP contribution is 2.34. The standard InChI is InChI=1S/C29H37FN4O6.C27H35FN2O7.C24H28ClFN2O5/c1-4-38-27-19-21(8-11-26(27)37-3)25-7-6-12-34(31-25)28(35)23-10-9-22(20-24(23)30)40-18-17-32-13-15-33(16-14-32)29(36)39-5-2;1-4-36-26-18-20(7-10-25(26)33-3)24-6-5-11-30(29-24)27(31)22-9-8-21(19-23(22)28)37-17-16-35-15-14-34-13-12-32-2;1-3-32-23-15-17(6-9-22(23)30-2)21-5-4-11-28(27-21)24(29)19-8-7-18(16-20(19)26)33-14-13-31-12-10-25/h8-11,19-20H,4-7,12-18H2,1-3H3;7-10,18-19H,4-6,11-17H2,1-3H3;6-9,15-16H,3-5,10-14H2,1-2H3. The van der Waals surface area contributed by atoms with Gasteiger partial charge in [-0.2, -0.15) is 15.3 Å². The molecule has 0 aliphatic carbocycles. The molecule has 4 aliphatic heterocycles.